The SMILES string of the molecule is O=C1CCOc2cccc(OCCn3cccc3)c21. The summed E-state index contributed by atoms with van der Waals surface area (Å²) in [7, 11) is 0. The van der Waals surface area contributed by atoms with Crippen molar-refractivity contribution in [3.63, 3.8) is 0 Å². The predicted octanol–water partition coefficient (Wildman–Crippen LogP) is 2.53. The molecule has 1 aromatic carbocycles. The summed E-state index contributed by atoms with van der Waals surface area (Å²) in [4.78, 5) is 11.9. The fraction of sp³-hybridized carbons (Fsp3) is 0.267. The molecule has 0 fully saturated rings. The largest absolute Gasteiger partial charge is 0.492 e. The van der Waals surface area contributed by atoms with Gasteiger partial charge in [0, 0.05) is 18.8 Å². The molecule has 1 aliphatic heterocycles. The second kappa shape index (κ2) is 5.18. The Labute approximate surface area is 111 Å². The van der Waals surface area contributed by atoms with E-state index in [9.17, 15) is 4.79 Å². The van der Waals surface area contributed by atoms with E-state index in [1.54, 1.807) is 0 Å². The van der Waals surface area contributed by atoms with Gasteiger partial charge in [0.05, 0.1) is 13.2 Å². The molecule has 0 spiro atoms. The van der Waals surface area contributed by atoms with E-state index in [0.717, 1.165) is 6.54 Å². The minimum atomic E-state index is 0.0952. The van der Waals surface area contributed by atoms with Crippen molar-refractivity contribution in [1.29, 1.82) is 0 Å². The third kappa shape index (κ3) is 2.47. The molecule has 0 saturated carbocycles. The summed E-state index contributed by atoms with van der Waals surface area (Å²) in [6.45, 7) is 1.74. The molecule has 0 amide bonds. The highest BCUT2D eigenvalue weighted by Crippen LogP contribution is 2.32. The van der Waals surface area contributed by atoms with Gasteiger partial charge in [0.1, 0.15) is 23.7 Å². The number of fused-ring (bicyclic) bond motifs is 1. The van der Waals surface area contributed by atoms with Crippen LogP contribution in [-0.2, 0) is 6.54 Å². The minimum absolute atomic E-state index is 0.0952. The lowest BCUT2D eigenvalue weighted by molar-refractivity contribution is 0.0927. The minimum Gasteiger partial charge on any atom is -0.492 e. The highest BCUT2D eigenvalue weighted by Gasteiger charge is 2.22. The van der Waals surface area contributed by atoms with Gasteiger partial charge in [-0.15, -0.1) is 0 Å². The van der Waals surface area contributed by atoms with E-state index >= 15 is 0 Å². The zero-order valence-electron chi connectivity index (χ0n) is 10.5. The highest BCUT2D eigenvalue weighted by molar-refractivity contribution is 6.02. The van der Waals surface area contributed by atoms with Crippen molar-refractivity contribution >= 4 is 5.78 Å². The van der Waals surface area contributed by atoms with Crippen LogP contribution >= 0.6 is 0 Å². The van der Waals surface area contributed by atoms with Gasteiger partial charge in [-0.1, -0.05) is 6.07 Å². The molecule has 0 saturated heterocycles. The van der Waals surface area contributed by atoms with Crippen LogP contribution in [0.4, 0.5) is 0 Å². The van der Waals surface area contributed by atoms with E-state index in [-0.39, 0.29) is 5.78 Å². The average molecular weight is 257 g/mol. The van der Waals surface area contributed by atoms with Crippen molar-refractivity contribution in [2.75, 3.05) is 13.2 Å². The number of carbonyl (C=O) groups excluding carboxylic acids is 1. The normalized spacial score (nSPS) is 13.8. The van der Waals surface area contributed by atoms with E-state index in [4.69, 9.17) is 9.47 Å². The Morgan fingerprint density at radius 2 is 2.05 bits per heavy atom. The number of ether oxygens (including phenoxy) is 2. The van der Waals surface area contributed by atoms with Gasteiger partial charge in [0.15, 0.2) is 5.78 Å². The molecule has 19 heavy (non-hydrogen) atoms. The summed E-state index contributed by atoms with van der Waals surface area (Å²) in [6.07, 6.45) is 4.39. The van der Waals surface area contributed by atoms with Gasteiger partial charge >= 0.3 is 0 Å². The number of ketones is 1. The molecule has 0 radical (unpaired) electrons. The van der Waals surface area contributed by atoms with Crippen LogP contribution < -0.4 is 9.47 Å². The fourth-order valence-electron chi connectivity index (χ4n) is 2.19. The van der Waals surface area contributed by atoms with E-state index < -0.39 is 0 Å². The van der Waals surface area contributed by atoms with Crippen molar-refractivity contribution in [3.8, 4) is 11.5 Å². The van der Waals surface area contributed by atoms with Crippen LogP contribution in [-0.4, -0.2) is 23.6 Å². The Morgan fingerprint density at radius 3 is 2.89 bits per heavy atom. The molecule has 0 aliphatic carbocycles. The Kier molecular flexibility index (Phi) is 3.23. The van der Waals surface area contributed by atoms with E-state index in [0.29, 0.717) is 36.7 Å². The van der Waals surface area contributed by atoms with Crippen molar-refractivity contribution in [2.45, 2.75) is 13.0 Å². The first-order valence-electron chi connectivity index (χ1n) is 6.37. The van der Waals surface area contributed by atoms with Gasteiger partial charge in [-0.2, -0.15) is 0 Å². The van der Waals surface area contributed by atoms with Gasteiger partial charge in [-0.05, 0) is 24.3 Å². The molecule has 0 N–H and O–H groups in total. The number of hydrogen-bond acceptors (Lipinski definition) is 3. The number of rotatable bonds is 4. The van der Waals surface area contributed by atoms with Crippen LogP contribution in [0, 0.1) is 0 Å². The van der Waals surface area contributed by atoms with Crippen LogP contribution in [0.2, 0.25) is 0 Å². The first-order chi connectivity index (χ1) is 9.34. The Balaban J connectivity index is 1.72. The average Bonchev–Trinajstić information content (AvgIpc) is 2.92. The number of Topliss-reactive ketones (excluding diaryl/α,β-unsaturated/α-hetero) is 1. The maximum Gasteiger partial charge on any atom is 0.173 e. The summed E-state index contributed by atoms with van der Waals surface area (Å²) in [5.41, 5.74) is 0.584. The Morgan fingerprint density at radius 1 is 1.21 bits per heavy atom. The topological polar surface area (TPSA) is 40.5 Å². The summed E-state index contributed by atoms with van der Waals surface area (Å²) >= 11 is 0. The van der Waals surface area contributed by atoms with Gasteiger partial charge in [-0.3, -0.25) is 4.79 Å². The Bertz CT molecular complexity index is 575. The molecule has 2 heterocycles. The van der Waals surface area contributed by atoms with E-state index in [1.807, 2.05) is 47.3 Å². The van der Waals surface area contributed by atoms with Crippen molar-refractivity contribution in [1.82, 2.24) is 4.57 Å². The summed E-state index contributed by atoms with van der Waals surface area (Å²) in [5, 5.41) is 0. The first-order valence-corrected chi connectivity index (χ1v) is 6.37. The van der Waals surface area contributed by atoms with Crippen molar-refractivity contribution in [2.24, 2.45) is 0 Å². The molecule has 4 heteroatoms. The summed E-state index contributed by atoms with van der Waals surface area (Å²) < 4.78 is 13.2. The lowest BCUT2D eigenvalue weighted by Gasteiger charge is -2.19. The number of benzene rings is 1. The fourth-order valence-corrected chi connectivity index (χ4v) is 2.19. The highest BCUT2D eigenvalue weighted by atomic mass is 16.5. The van der Waals surface area contributed by atoms with Crippen LogP contribution in [0.25, 0.3) is 0 Å². The standard InChI is InChI=1S/C15H15NO3/c17-12-6-10-18-13-4-3-5-14(15(12)13)19-11-9-16-7-1-2-8-16/h1-5,7-8H,6,9-11H2. The second-order valence-electron chi connectivity index (χ2n) is 4.42. The van der Waals surface area contributed by atoms with Gasteiger partial charge in [-0.25, -0.2) is 0 Å². The Hall–Kier alpha value is -2.23. The number of aromatic nitrogens is 1. The smallest absolute Gasteiger partial charge is 0.173 e. The third-order valence-electron chi connectivity index (χ3n) is 3.13. The monoisotopic (exact) mass is 257 g/mol. The van der Waals surface area contributed by atoms with E-state index in [1.165, 1.54) is 0 Å². The molecule has 3 rings (SSSR count). The number of carbonyl (C=O) groups is 1. The van der Waals surface area contributed by atoms with Crippen LogP contribution in [0.15, 0.2) is 42.7 Å². The lowest BCUT2D eigenvalue weighted by atomic mass is 10.0. The molecular weight excluding hydrogens is 242 g/mol. The predicted molar refractivity (Wildman–Crippen MR) is 70.8 cm³/mol. The zero-order valence-corrected chi connectivity index (χ0v) is 10.5. The zero-order chi connectivity index (χ0) is 13.1. The molecule has 1 aliphatic rings. The summed E-state index contributed by atoms with van der Waals surface area (Å²) in [5.74, 6) is 1.35. The van der Waals surface area contributed by atoms with Crippen molar-refractivity contribution < 1.29 is 14.3 Å². The quantitative estimate of drug-likeness (QED) is 0.845. The van der Waals surface area contributed by atoms with Gasteiger partial charge < -0.3 is 14.0 Å². The summed E-state index contributed by atoms with van der Waals surface area (Å²) in [6, 6.07) is 9.43. The molecule has 0 unspecified atom stereocenters. The van der Waals surface area contributed by atoms with Gasteiger partial charge in [0.2, 0.25) is 0 Å². The first kappa shape index (κ1) is 11.8. The maximum atomic E-state index is 11.9. The second-order valence-corrected chi connectivity index (χ2v) is 4.42. The number of nitrogens with zero attached hydrogens (tertiary/aromatic N) is 1. The third-order valence-corrected chi connectivity index (χ3v) is 3.13. The van der Waals surface area contributed by atoms with Gasteiger partial charge in [0.25, 0.3) is 0 Å². The molecule has 0 atom stereocenters. The molecule has 2 aromatic rings. The molecular formula is C15H15NO3. The molecule has 98 valence electrons. The van der Waals surface area contributed by atoms with E-state index in [2.05, 4.69) is 0 Å². The molecule has 1 aromatic heterocycles. The van der Waals surface area contributed by atoms with Crippen LogP contribution in [0.1, 0.15) is 16.8 Å². The number of hydrogen-bond donors (Lipinski definition) is 0. The van der Waals surface area contributed by atoms with Crippen LogP contribution in [0.5, 0.6) is 11.5 Å². The molecule has 0 bridgehead atoms. The van der Waals surface area contributed by atoms with Crippen molar-refractivity contribution in [3.05, 3.63) is 48.3 Å². The maximum absolute atomic E-state index is 11.9. The van der Waals surface area contributed by atoms with Crippen LogP contribution in [0.3, 0.4) is 0 Å². The molecule has 4 nitrogen and oxygen atoms in total. The lowest BCUT2D eigenvalue weighted by Crippen LogP contribution is -2.17.